The maximum atomic E-state index is 10.4. The number of unbranched alkanes of at least 4 members (excludes halogenated alkanes) is 2. The molecule has 0 bridgehead atoms. The van der Waals surface area contributed by atoms with Crippen LogP contribution in [0, 0.1) is 0 Å². The maximum Gasteiger partial charge on any atom is 0.316 e. The number of hydrogen-bond acceptors (Lipinski definition) is 2. The Morgan fingerprint density at radius 1 is 1.42 bits per heavy atom. The Labute approximate surface area is 75.1 Å². The van der Waals surface area contributed by atoms with Crippen molar-refractivity contribution in [1.29, 1.82) is 0 Å². The minimum absolute atomic E-state index is 0.0204. The highest BCUT2D eigenvalue weighted by Crippen LogP contribution is 2.23. The Balaban J connectivity index is 3.46. The lowest BCUT2D eigenvalue weighted by Crippen LogP contribution is -2.06. The van der Waals surface area contributed by atoms with Crippen LogP contribution < -0.4 is 0 Å². The van der Waals surface area contributed by atoms with Gasteiger partial charge in [0.15, 0.2) is 0 Å². The largest absolute Gasteiger partial charge is 0.326 e. The Kier molecular flexibility index (Phi) is 7.88. The van der Waals surface area contributed by atoms with Gasteiger partial charge in [0.2, 0.25) is 0 Å². The standard InChI is InChI=1S/C8H19O3P/c1-3-5-6-7-8(4-2)11-12(9)10/h8,12H,3-7H2,1-2H3,(H,9,10). The van der Waals surface area contributed by atoms with Crippen molar-refractivity contribution in [1.82, 2.24) is 0 Å². The molecule has 0 spiro atoms. The smallest absolute Gasteiger partial charge is 0.316 e. The van der Waals surface area contributed by atoms with Crippen molar-refractivity contribution in [2.45, 2.75) is 52.1 Å². The van der Waals surface area contributed by atoms with Crippen LogP contribution in [0.1, 0.15) is 46.0 Å². The Hall–Kier alpha value is 0.150. The molecule has 4 heteroatoms. The molecule has 0 saturated heterocycles. The fourth-order valence-corrected chi connectivity index (χ4v) is 1.68. The van der Waals surface area contributed by atoms with Crippen LogP contribution in [0.2, 0.25) is 0 Å². The molecule has 12 heavy (non-hydrogen) atoms. The summed E-state index contributed by atoms with van der Waals surface area (Å²) in [7, 11) is -2.73. The van der Waals surface area contributed by atoms with Gasteiger partial charge in [-0.25, -0.2) is 0 Å². The second-order valence-corrected chi connectivity index (χ2v) is 3.68. The second kappa shape index (κ2) is 7.78. The molecule has 1 N–H and O–H groups in total. The zero-order valence-electron chi connectivity index (χ0n) is 7.88. The molecule has 0 aromatic rings. The lowest BCUT2D eigenvalue weighted by Gasteiger charge is -2.12. The summed E-state index contributed by atoms with van der Waals surface area (Å²) in [6, 6.07) is 0. The molecule has 0 amide bonds. The van der Waals surface area contributed by atoms with E-state index in [9.17, 15) is 4.57 Å². The van der Waals surface area contributed by atoms with Crippen LogP contribution >= 0.6 is 8.25 Å². The number of hydrogen-bond donors (Lipinski definition) is 1. The van der Waals surface area contributed by atoms with Crippen LogP contribution in [-0.2, 0) is 9.09 Å². The highest BCUT2D eigenvalue weighted by atomic mass is 31.1. The first-order valence-corrected chi connectivity index (χ1v) is 5.86. The molecule has 2 unspecified atom stereocenters. The Bertz CT molecular complexity index is 127. The van der Waals surface area contributed by atoms with Gasteiger partial charge in [-0.3, -0.25) is 4.57 Å². The molecule has 3 nitrogen and oxygen atoms in total. The van der Waals surface area contributed by atoms with E-state index in [4.69, 9.17) is 9.42 Å². The predicted octanol–water partition coefficient (Wildman–Crippen LogP) is 2.74. The zero-order chi connectivity index (χ0) is 9.40. The van der Waals surface area contributed by atoms with E-state index >= 15 is 0 Å². The van der Waals surface area contributed by atoms with Crippen molar-refractivity contribution in [3.63, 3.8) is 0 Å². The SMILES string of the molecule is CCCCCC(CC)O[PH](=O)O. The average molecular weight is 194 g/mol. The summed E-state index contributed by atoms with van der Waals surface area (Å²) in [6.45, 7) is 4.11. The first kappa shape index (κ1) is 12.2. The summed E-state index contributed by atoms with van der Waals surface area (Å²) in [5.74, 6) is 0. The van der Waals surface area contributed by atoms with Crippen LogP contribution in [0.3, 0.4) is 0 Å². The summed E-state index contributed by atoms with van der Waals surface area (Å²) < 4.78 is 15.2. The normalized spacial score (nSPS) is 15.9. The van der Waals surface area contributed by atoms with Gasteiger partial charge in [0.25, 0.3) is 0 Å². The Morgan fingerprint density at radius 2 is 2.08 bits per heavy atom. The van der Waals surface area contributed by atoms with Gasteiger partial charge in [0.05, 0.1) is 6.10 Å². The van der Waals surface area contributed by atoms with E-state index in [2.05, 4.69) is 6.92 Å². The molecule has 0 aliphatic rings. The third kappa shape index (κ3) is 6.84. The van der Waals surface area contributed by atoms with Gasteiger partial charge in [-0.2, -0.15) is 0 Å². The van der Waals surface area contributed by atoms with E-state index in [1.54, 1.807) is 0 Å². The molecule has 0 rings (SSSR count). The van der Waals surface area contributed by atoms with Gasteiger partial charge in [0.1, 0.15) is 0 Å². The molecule has 0 aromatic carbocycles. The first-order chi connectivity index (χ1) is 5.70. The molecule has 0 fully saturated rings. The van der Waals surface area contributed by atoms with Crippen LogP contribution in [0.4, 0.5) is 0 Å². The molecule has 0 radical (unpaired) electrons. The van der Waals surface area contributed by atoms with Crippen molar-refractivity contribution in [3.8, 4) is 0 Å². The zero-order valence-corrected chi connectivity index (χ0v) is 8.88. The minimum Gasteiger partial charge on any atom is -0.326 e. The lowest BCUT2D eigenvalue weighted by atomic mass is 10.1. The molecular formula is C8H19O3P. The average Bonchev–Trinajstić information content (AvgIpc) is 2.02. The van der Waals surface area contributed by atoms with E-state index in [-0.39, 0.29) is 6.10 Å². The molecule has 74 valence electrons. The van der Waals surface area contributed by atoms with Crippen molar-refractivity contribution in [2.75, 3.05) is 0 Å². The van der Waals surface area contributed by atoms with E-state index in [0.29, 0.717) is 0 Å². The van der Waals surface area contributed by atoms with Gasteiger partial charge in [-0.15, -0.1) is 0 Å². The molecule has 0 aromatic heterocycles. The van der Waals surface area contributed by atoms with Crippen LogP contribution in [0.25, 0.3) is 0 Å². The van der Waals surface area contributed by atoms with Crippen molar-refractivity contribution >= 4 is 8.25 Å². The van der Waals surface area contributed by atoms with Gasteiger partial charge in [-0.1, -0.05) is 33.1 Å². The first-order valence-electron chi connectivity index (χ1n) is 4.60. The second-order valence-electron chi connectivity index (χ2n) is 2.91. The number of rotatable bonds is 7. The minimum atomic E-state index is -2.73. The predicted molar refractivity (Wildman–Crippen MR) is 50.5 cm³/mol. The summed E-state index contributed by atoms with van der Waals surface area (Å²) in [6.07, 6.45) is 5.14. The van der Waals surface area contributed by atoms with Crippen molar-refractivity contribution < 1.29 is 14.0 Å². The van der Waals surface area contributed by atoms with E-state index in [1.165, 1.54) is 12.8 Å². The lowest BCUT2D eigenvalue weighted by molar-refractivity contribution is 0.171. The molecule has 0 aliphatic heterocycles. The summed E-state index contributed by atoms with van der Waals surface area (Å²) >= 11 is 0. The summed E-state index contributed by atoms with van der Waals surface area (Å²) in [4.78, 5) is 8.53. The maximum absolute atomic E-state index is 10.4. The molecule has 0 saturated carbocycles. The summed E-state index contributed by atoms with van der Waals surface area (Å²) in [5.41, 5.74) is 0. The van der Waals surface area contributed by atoms with Crippen LogP contribution in [-0.4, -0.2) is 11.0 Å². The molecule has 2 atom stereocenters. The van der Waals surface area contributed by atoms with E-state index in [0.717, 1.165) is 19.3 Å². The molecular weight excluding hydrogens is 175 g/mol. The monoisotopic (exact) mass is 194 g/mol. The van der Waals surface area contributed by atoms with Crippen molar-refractivity contribution in [2.24, 2.45) is 0 Å². The van der Waals surface area contributed by atoms with E-state index < -0.39 is 8.25 Å². The fraction of sp³-hybridized carbons (Fsp3) is 1.00. The van der Waals surface area contributed by atoms with Gasteiger partial charge < -0.3 is 9.42 Å². The van der Waals surface area contributed by atoms with Gasteiger partial charge >= 0.3 is 8.25 Å². The van der Waals surface area contributed by atoms with Gasteiger partial charge in [-0.05, 0) is 12.8 Å². The molecule has 0 aliphatic carbocycles. The highest BCUT2D eigenvalue weighted by Gasteiger charge is 2.07. The third-order valence-corrected chi connectivity index (χ3v) is 2.39. The summed E-state index contributed by atoms with van der Waals surface area (Å²) in [5, 5.41) is 0. The van der Waals surface area contributed by atoms with Gasteiger partial charge in [0, 0.05) is 0 Å². The topological polar surface area (TPSA) is 46.5 Å². The van der Waals surface area contributed by atoms with Crippen molar-refractivity contribution in [3.05, 3.63) is 0 Å². The fourth-order valence-electron chi connectivity index (χ4n) is 1.11. The van der Waals surface area contributed by atoms with Crippen LogP contribution in [0.5, 0.6) is 0 Å². The highest BCUT2D eigenvalue weighted by molar-refractivity contribution is 7.32. The van der Waals surface area contributed by atoms with E-state index in [1.807, 2.05) is 6.92 Å². The van der Waals surface area contributed by atoms with Crippen LogP contribution in [0.15, 0.2) is 0 Å². The third-order valence-electron chi connectivity index (χ3n) is 1.85. The quantitative estimate of drug-likeness (QED) is 0.500. The Morgan fingerprint density at radius 3 is 2.50 bits per heavy atom. The molecule has 0 heterocycles.